The van der Waals surface area contributed by atoms with Crippen molar-refractivity contribution < 1.29 is 14.3 Å². The van der Waals surface area contributed by atoms with Crippen molar-refractivity contribution in [1.29, 1.82) is 0 Å². The second-order valence-corrected chi connectivity index (χ2v) is 8.55. The zero-order chi connectivity index (χ0) is 21.3. The number of methoxy groups -OCH3 is 1. The fourth-order valence-electron chi connectivity index (χ4n) is 3.48. The quantitative estimate of drug-likeness (QED) is 0.572. The van der Waals surface area contributed by atoms with Crippen molar-refractivity contribution >= 4 is 34.7 Å². The van der Waals surface area contributed by atoms with E-state index in [4.69, 9.17) is 9.47 Å². The molecule has 8 heteroatoms. The van der Waals surface area contributed by atoms with Crippen LogP contribution < -0.4 is 19.6 Å². The second-order valence-electron chi connectivity index (χ2n) is 6.56. The minimum Gasteiger partial charge on any atom is -0.496 e. The summed E-state index contributed by atoms with van der Waals surface area (Å²) in [6, 6.07) is 10.6. The summed E-state index contributed by atoms with van der Waals surface area (Å²) in [5, 5.41) is 1.96. The van der Waals surface area contributed by atoms with Gasteiger partial charge in [-0.05, 0) is 37.4 Å². The molecule has 3 heterocycles. The summed E-state index contributed by atoms with van der Waals surface area (Å²) >= 11 is 2.87. The number of nitrogens with zero attached hydrogens (tertiary/aromatic N) is 2. The van der Waals surface area contributed by atoms with Gasteiger partial charge in [0.15, 0.2) is 4.80 Å². The third-order valence-corrected chi connectivity index (χ3v) is 6.57. The lowest BCUT2D eigenvalue weighted by atomic mass is 9.95. The molecule has 4 rings (SSSR count). The van der Waals surface area contributed by atoms with E-state index >= 15 is 0 Å². The van der Waals surface area contributed by atoms with Gasteiger partial charge in [0, 0.05) is 10.4 Å². The molecular formula is C22H20N2O4S2. The first-order chi connectivity index (χ1) is 14.5. The number of rotatable bonds is 5. The van der Waals surface area contributed by atoms with Crippen LogP contribution in [0.15, 0.2) is 62.8 Å². The Bertz CT molecular complexity index is 1300. The zero-order valence-electron chi connectivity index (χ0n) is 16.7. The molecular weight excluding hydrogens is 420 g/mol. The first kappa shape index (κ1) is 20.3. The van der Waals surface area contributed by atoms with Crippen LogP contribution in [0.3, 0.4) is 0 Å². The second kappa shape index (κ2) is 8.41. The summed E-state index contributed by atoms with van der Waals surface area (Å²) in [4.78, 5) is 32.4. The Balaban J connectivity index is 2.01. The number of aromatic nitrogens is 1. The van der Waals surface area contributed by atoms with Crippen LogP contribution in [0.5, 0.6) is 5.75 Å². The first-order valence-corrected chi connectivity index (χ1v) is 11.1. The van der Waals surface area contributed by atoms with Crippen LogP contribution in [-0.4, -0.2) is 24.3 Å². The van der Waals surface area contributed by atoms with E-state index in [1.807, 2.05) is 47.9 Å². The fourth-order valence-corrected chi connectivity index (χ4v) is 5.25. The van der Waals surface area contributed by atoms with E-state index in [-0.39, 0.29) is 12.2 Å². The van der Waals surface area contributed by atoms with Gasteiger partial charge >= 0.3 is 5.97 Å². The molecule has 0 spiro atoms. The van der Waals surface area contributed by atoms with Gasteiger partial charge in [-0.1, -0.05) is 35.6 Å². The summed E-state index contributed by atoms with van der Waals surface area (Å²) in [5.41, 5.74) is 1.39. The Morgan fingerprint density at radius 2 is 2.07 bits per heavy atom. The van der Waals surface area contributed by atoms with Gasteiger partial charge in [0.1, 0.15) is 11.8 Å². The van der Waals surface area contributed by atoms with Gasteiger partial charge in [0.25, 0.3) is 5.56 Å². The predicted octanol–water partition coefficient (Wildman–Crippen LogP) is 2.87. The largest absolute Gasteiger partial charge is 0.496 e. The lowest BCUT2D eigenvalue weighted by Gasteiger charge is -2.25. The van der Waals surface area contributed by atoms with Gasteiger partial charge in [0.05, 0.1) is 29.5 Å². The summed E-state index contributed by atoms with van der Waals surface area (Å²) in [5.74, 6) is 0.106. The Labute approximate surface area is 181 Å². The average Bonchev–Trinajstić information content (AvgIpc) is 3.35. The monoisotopic (exact) mass is 440 g/mol. The highest BCUT2D eigenvalue weighted by molar-refractivity contribution is 7.11. The van der Waals surface area contributed by atoms with Crippen molar-refractivity contribution in [1.82, 2.24) is 4.57 Å². The number of thiophene rings is 1. The van der Waals surface area contributed by atoms with Crippen LogP contribution in [0.25, 0.3) is 6.08 Å². The van der Waals surface area contributed by atoms with E-state index in [2.05, 4.69) is 4.99 Å². The van der Waals surface area contributed by atoms with E-state index in [0.29, 0.717) is 31.9 Å². The molecule has 0 amide bonds. The molecule has 1 atom stereocenters. The molecule has 0 bridgehead atoms. The molecule has 2 aromatic heterocycles. The highest BCUT2D eigenvalue weighted by Gasteiger charge is 2.34. The number of carbonyl (C=O) groups is 1. The molecule has 1 unspecified atom stereocenters. The third kappa shape index (κ3) is 3.53. The lowest BCUT2D eigenvalue weighted by molar-refractivity contribution is -0.139. The van der Waals surface area contributed by atoms with Crippen LogP contribution in [-0.2, 0) is 9.53 Å². The Hall–Kier alpha value is -2.97. The number of benzene rings is 1. The molecule has 1 aliphatic heterocycles. The number of esters is 1. The maximum absolute atomic E-state index is 13.4. The molecule has 1 aromatic carbocycles. The van der Waals surface area contributed by atoms with Crippen molar-refractivity contribution in [2.75, 3.05) is 13.7 Å². The number of para-hydroxylation sites is 1. The number of hydrogen-bond acceptors (Lipinski definition) is 7. The van der Waals surface area contributed by atoms with Gasteiger partial charge < -0.3 is 9.47 Å². The normalized spacial score (nSPS) is 16.2. The molecule has 3 aromatic rings. The van der Waals surface area contributed by atoms with Crippen molar-refractivity contribution in [3.05, 3.63) is 83.2 Å². The zero-order valence-corrected chi connectivity index (χ0v) is 18.4. The minimum absolute atomic E-state index is 0.197. The number of thiazole rings is 1. The van der Waals surface area contributed by atoms with Crippen molar-refractivity contribution in [2.45, 2.75) is 19.9 Å². The van der Waals surface area contributed by atoms with Crippen LogP contribution >= 0.6 is 22.7 Å². The first-order valence-electron chi connectivity index (χ1n) is 9.41. The molecule has 0 aliphatic carbocycles. The molecule has 154 valence electrons. The molecule has 0 N–H and O–H groups in total. The smallest absolute Gasteiger partial charge is 0.338 e. The van der Waals surface area contributed by atoms with Gasteiger partial charge in [-0.3, -0.25) is 9.36 Å². The summed E-state index contributed by atoms with van der Waals surface area (Å²) in [6.45, 7) is 3.75. The van der Waals surface area contributed by atoms with E-state index < -0.39 is 12.0 Å². The number of carbonyl (C=O) groups excluding carboxylic acids is 1. The van der Waals surface area contributed by atoms with Gasteiger partial charge in [0.2, 0.25) is 0 Å². The average molecular weight is 441 g/mol. The standard InChI is InChI=1S/C22H20N2O4S2/c1-4-28-21(26)18-13(2)23-22-24(19(18)15-9-5-6-10-16(15)27-3)20(25)17(30-22)12-14-8-7-11-29-14/h5-12,19H,4H2,1-3H3. The topological polar surface area (TPSA) is 69.9 Å². The summed E-state index contributed by atoms with van der Waals surface area (Å²) in [6.07, 6.45) is 1.86. The molecule has 30 heavy (non-hydrogen) atoms. The Kier molecular flexibility index (Phi) is 5.69. The highest BCUT2D eigenvalue weighted by atomic mass is 32.1. The van der Waals surface area contributed by atoms with E-state index in [1.54, 1.807) is 36.9 Å². The van der Waals surface area contributed by atoms with Crippen molar-refractivity contribution in [3.63, 3.8) is 0 Å². The van der Waals surface area contributed by atoms with Gasteiger partial charge in [-0.2, -0.15) is 0 Å². The number of fused-ring (bicyclic) bond motifs is 1. The van der Waals surface area contributed by atoms with Gasteiger partial charge in [-0.25, -0.2) is 9.79 Å². The SMILES string of the molecule is CCOC(=O)C1=C(C)N=c2sc(=Cc3cccs3)c(=O)n2C1c1ccccc1OC. The Morgan fingerprint density at radius 1 is 1.27 bits per heavy atom. The molecule has 0 radical (unpaired) electrons. The predicted molar refractivity (Wildman–Crippen MR) is 118 cm³/mol. The van der Waals surface area contributed by atoms with Gasteiger partial charge in [-0.15, -0.1) is 11.3 Å². The van der Waals surface area contributed by atoms with Crippen LogP contribution in [0, 0.1) is 0 Å². The number of allylic oxidation sites excluding steroid dienone is 1. The molecule has 6 nitrogen and oxygen atoms in total. The molecule has 0 saturated heterocycles. The molecule has 0 saturated carbocycles. The van der Waals surface area contributed by atoms with Crippen molar-refractivity contribution in [3.8, 4) is 5.75 Å². The molecule has 0 fully saturated rings. The molecule has 1 aliphatic rings. The van der Waals surface area contributed by atoms with Crippen LogP contribution in [0.1, 0.15) is 30.3 Å². The Morgan fingerprint density at radius 3 is 2.77 bits per heavy atom. The van der Waals surface area contributed by atoms with E-state index in [0.717, 1.165) is 4.88 Å². The maximum Gasteiger partial charge on any atom is 0.338 e. The third-order valence-electron chi connectivity index (χ3n) is 4.77. The van der Waals surface area contributed by atoms with Crippen LogP contribution in [0.4, 0.5) is 0 Å². The number of hydrogen-bond donors (Lipinski definition) is 0. The van der Waals surface area contributed by atoms with E-state index in [1.165, 1.54) is 11.3 Å². The maximum atomic E-state index is 13.4. The number of ether oxygens (including phenoxy) is 2. The minimum atomic E-state index is -0.679. The van der Waals surface area contributed by atoms with Crippen LogP contribution in [0.2, 0.25) is 0 Å². The lowest BCUT2D eigenvalue weighted by Crippen LogP contribution is -2.40. The summed E-state index contributed by atoms with van der Waals surface area (Å²) in [7, 11) is 1.57. The summed E-state index contributed by atoms with van der Waals surface area (Å²) < 4.78 is 13.0. The fraction of sp³-hybridized carbons (Fsp3) is 0.227. The van der Waals surface area contributed by atoms with E-state index in [9.17, 15) is 9.59 Å². The van der Waals surface area contributed by atoms with Crippen molar-refractivity contribution in [2.24, 2.45) is 4.99 Å². The highest BCUT2D eigenvalue weighted by Crippen LogP contribution is 2.35.